The van der Waals surface area contributed by atoms with E-state index < -0.39 is 6.10 Å². The second-order valence-corrected chi connectivity index (χ2v) is 6.73. The van der Waals surface area contributed by atoms with E-state index in [1.165, 1.54) is 0 Å². The van der Waals surface area contributed by atoms with E-state index in [1.54, 1.807) is 37.4 Å². The number of hydrogen-bond acceptors (Lipinski definition) is 4. The maximum Gasteiger partial charge on any atom is 0.280 e. The molecule has 1 N–H and O–H groups in total. The zero-order chi connectivity index (χ0) is 20.5. The lowest BCUT2D eigenvalue weighted by Gasteiger charge is -2.12. The first-order chi connectivity index (χ1) is 14.1. The molecule has 6 heteroatoms. The number of benzene rings is 3. The Labute approximate surface area is 174 Å². The van der Waals surface area contributed by atoms with Crippen LogP contribution in [0.5, 0.6) is 11.5 Å². The van der Waals surface area contributed by atoms with Crippen LogP contribution in [0.2, 0.25) is 5.02 Å². The molecule has 0 aromatic heterocycles. The Hall–Kier alpha value is -3.31. The highest BCUT2D eigenvalue weighted by Gasteiger charge is 2.13. The lowest BCUT2D eigenvalue weighted by molar-refractivity contribution is -0.127. The monoisotopic (exact) mass is 408 g/mol. The number of amides is 1. The van der Waals surface area contributed by atoms with Gasteiger partial charge in [-0.2, -0.15) is 5.10 Å². The van der Waals surface area contributed by atoms with Gasteiger partial charge in [-0.3, -0.25) is 4.79 Å². The molecule has 0 saturated carbocycles. The van der Waals surface area contributed by atoms with E-state index in [0.29, 0.717) is 17.4 Å². The third-order valence-electron chi connectivity index (χ3n) is 4.01. The van der Waals surface area contributed by atoms with Gasteiger partial charge >= 0.3 is 0 Å². The van der Waals surface area contributed by atoms with Crippen molar-refractivity contribution in [3.05, 3.63) is 95.0 Å². The summed E-state index contributed by atoms with van der Waals surface area (Å²) in [6, 6.07) is 24.2. The van der Waals surface area contributed by atoms with Gasteiger partial charge in [0.25, 0.3) is 5.91 Å². The van der Waals surface area contributed by atoms with E-state index in [1.807, 2.05) is 54.6 Å². The zero-order valence-electron chi connectivity index (χ0n) is 15.9. The van der Waals surface area contributed by atoms with Crippen molar-refractivity contribution in [2.24, 2.45) is 5.10 Å². The molecule has 0 fully saturated rings. The van der Waals surface area contributed by atoms with Gasteiger partial charge in [-0.15, -0.1) is 0 Å². The third-order valence-corrected chi connectivity index (χ3v) is 4.26. The largest absolute Gasteiger partial charge is 0.489 e. The summed E-state index contributed by atoms with van der Waals surface area (Å²) < 4.78 is 11.3. The molecule has 5 nitrogen and oxygen atoms in total. The lowest BCUT2D eigenvalue weighted by Crippen LogP contribution is -2.33. The number of nitrogens with one attached hydrogen (secondary N) is 1. The van der Waals surface area contributed by atoms with Crippen LogP contribution in [0.4, 0.5) is 0 Å². The zero-order valence-corrected chi connectivity index (χ0v) is 16.7. The predicted octanol–water partition coefficient (Wildman–Crippen LogP) is 4.84. The van der Waals surface area contributed by atoms with E-state index >= 15 is 0 Å². The average molecular weight is 409 g/mol. The van der Waals surface area contributed by atoms with Crippen molar-refractivity contribution in [3.8, 4) is 11.5 Å². The molecule has 1 amide bonds. The Balaban J connectivity index is 1.45. The van der Waals surface area contributed by atoms with E-state index in [4.69, 9.17) is 21.1 Å². The third kappa shape index (κ3) is 6.66. The van der Waals surface area contributed by atoms with Crippen LogP contribution in [0.1, 0.15) is 18.1 Å². The molecule has 148 valence electrons. The van der Waals surface area contributed by atoms with Crippen molar-refractivity contribution in [2.75, 3.05) is 0 Å². The summed E-state index contributed by atoms with van der Waals surface area (Å²) >= 11 is 5.83. The molecule has 1 atom stereocenters. The van der Waals surface area contributed by atoms with Gasteiger partial charge in [0.2, 0.25) is 0 Å². The van der Waals surface area contributed by atoms with E-state index in [0.717, 1.165) is 16.9 Å². The van der Waals surface area contributed by atoms with Crippen LogP contribution in [0.25, 0.3) is 0 Å². The average Bonchev–Trinajstić information content (AvgIpc) is 2.75. The number of carbonyl (C=O) groups excluding carboxylic acids is 1. The highest BCUT2D eigenvalue weighted by Crippen LogP contribution is 2.17. The summed E-state index contributed by atoms with van der Waals surface area (Å²) in [6.45, 7) is 2.16. The quantitative estimate of drug-likeness (QED) is 0.428. The molecule has 0 bridgehead atoms. The van der Waals surface area contributed by atoms with Crippen molar-refractivity contribution >= 4 is 23.7 Å². The van der Waals surface area contributed by atoms with E-state index in [-0.39, 0.29) is 5.91 Å². The Morgan fingerprint density at radius 1 is 1.00 bits per heavy atom. The minimum atomic E-state index is -0.693. The van der Waals surface area contributed by atoms with Crippen LogP contribution in [0.15, 0.2) is 84.0 Å². The van der Waals surface area contributed by atoms with E-state index in [9.17, 15) is 4.79 Å². The van der Waals surface area contributed by atoms with Gasteiger partial charge in [-0.05, 0) is 66.6 Å². The van der Waals surface area contributed by atoms with Crippen LogP contribution in [-0.4, -0.2) is 18.2 Å². The highest BCUT2D eigenvalue weighted by atomic mass is 35.5. The number of hydrogen-bond donors (Lipinski definition) is 1. The molecule has 0 aliphatic rings. The van der Waals surface area contributed by atoms with E-state index in [2.05, 4.69) is 10.5 Å². The first-order valence-electron chi connectivity index (χ1n) is 9.12. The maximum atomic E-state index is 12.1. The summed E-state index contributed by atoms with van der Waals surface area (Å²) in [5, 5.41) is 4.58. The topological polar surface area (TPSA) is 59.9 Å². The van der Waals surface area contributed by atoms with Gasteiger partial charge in [0, 0.05) is 5.02 Å². The van der Waals surface area contributed by atoms with Crippen molar-refractivity contribution in [3.63, 3.8) is 0 Å². The smallest absolute Gasteiger partial charge is 0.280 e. The second kappa shape index (κ2) is 10.3. The molecule has 0 unspecified atom stereocenters. The van der Waals surface area contributed by atoms with Crippen molar-refractivity contribution in [1.29, 1.82) is 0 Å². The van der Waals surface area contributed by atoms with Crippen molar-refractivity contribution in [2.45, 2.75) is 19.6 Å². The normalized spacial score (nSPS) is 11.8. The van der Waals surface area contributed by atoms with Gasteiger partial charge in [-0.25, -0.2) is 5.43 Å². The van der Waals surface area contributed by atoms with Gasteiger partial charge < -0.3 is 9.47 Å². The molecule has 0 heterocycles. The minimum absolute atomic E-state index is 0.348. The van der Waals surface area contributed by atoms with Crippen LogP contribution < -0.4 is 14.9 Å². The number of hydrazone groups is 1. The predicted molar refractivity (Wildman–Crippen MR) is 114 cm³/mol. The van der Waals surface area contributed by atoms with Crippen LogP contribution in [-0.2, 0) is 11.4 Å². The molecule has 3 aromatic rings. The van der Waals surface area contributed by atoms with Crippen molar-refractivity contribution in [1.82, 2.24) is 5.43 Å². The van der Waals surface area contributed by atoms with Gasteiger partial charge in [0.05, 0.1) is 6.21 Å². The highest BCUT2D eigenvalue weighted by molar-refractivity contribution is 6.30. The Morgan fingerprint density at radius 2 is 1.66 bits per heavy atom. The summed E-state index contributed by atoms with van der Waals surface area (Å²) in [5.41, 5.74) is 4.42. The van der Waals surface area contributed by atoms with Crippen LogP contribution >= 0.6 is 11.6 Å². The molecule has 0 radical (unpaired) electrons. The number of carbonyl (C=O) groups is 1. The van der Waals surface area contributed by atoms with Gasteiger partial charge in [-0.1, -0.05) is 41.9 Å². The Kier molecular flexibility index (Phi) is 7.25. The number of halogens is 1. The van der Waals surface area contributed by atoms with Crippen molar-refractivity contribution < 1.29 is 14.3 Å². The fourth-order valence-electron chi connectivity index (χ4n) is 2.42. The summed E-state index contributed by atoms with van der Waals surface area (Å²) in [7, 11) is 0. The molecule has 0 aliphatic carbocycles. The SMILES string of the molecule is C[C@H](Oc1ccc(Cl)cc1)C(=O)NN=Cc1ccc(OCc2ccccc2)cc1. The fourth-order valence-corrected chi connectivity index (χ4v) is 2.55. The number of nitrogens with zero attached hydrogens (tertiary/aromatic N) is 1. The first kappa shape index (κ1) is 20.4. The molecule has 3 rings (SSSR count). The van der Waals surface area contributed by atoms with Gasteiger partial charge in [0.1, 0.15) is 18.1 Å². The molecule has 3 aromatic carbocycles. The summed E-state index contributed by atoms with van der Waals surface area (Å²) in [4.78, 5) is 12.1. The Bertz CT molecular complexity index is 942. The second-order valence-electron chi connectivity index (χ2n) is 6.29. The standard InChI is InChI=1S/C23H21ClN2O3/c1-17(29-22-13-9-20(24)10-14-22)23(27)26-25-15-18-7-11-21(12-8-18)28-16-19-5-3-2-4-6-19/h2-15,17H,16H2,1H3,(H,26,27)/t17-/m0/s1. The number of ether oxygens (including phenoxy) is 2. The Morgan fingerprint density at radius 3 is 2.34 bits per heavy atom. The summed E-state index contributed by atoms with van der Waals surface area (Å²) in [6.07, 6.45) is 0.871. The summed E-state index contributed by atoms with van der Waals surface area (Å²) in [5.74, 6) is 0.978. The lowest BCUT2D eigenvalue weighted by atomic mass is 10.2. The molecule has 29 heavy (non-hydrogen) atoms. The number of rotatable bonds is 8. The van der Waals surface area contributed by atoms with Crippen LogP contribution in [0.3, 0.4) is 0 Å². The molecule has 0 aliphatic heterocycles. The molecular weight excluding hydrogens is 388 g/mol. The minimum Gasteiger partial charge on any atom is -0.489 e. The first-order valence-corrected chi connectivity index (χ1v) is 9.50. The van der Waals surface area contributed by atoms with Crippen LogP contribution in [0, 0.1) is 0 Å². The molecule has 0 saturated heterocycles. The molecular formula is C23H21ClN2O3. The van der Waals surface area contributed by atoms with Gasteiger partial charge in [0.15, 0.2) is 6.10 Å². The maximum absolute atomic E-state index is 12.1. The fraction of sp³-hybridized carbons (Fsp3) is 0.130. The molecule has 0 spiro atoms.